The van der Waals surface area contributed by atoms with E-state index in [9.17, 15) is 0 Å². The van der Waals surface area contributed by atoms with Gasteiger partial charge in [0, 0.05) is 18.1 Å². The second-order valence-corrected chi connectivity index (χ2v) is 5.84. The van der Waals surface area contributed by atoms with E-state index in [2.05, 4.69) is 24.0 Å². The molecular weight excluding hydrogens is 248 g/mol. The molecule has 2 aromatic rings. The predicted molar refractivity (Wildman–Crippen MR) is 81.7 cm³/mol. The van der Waals surface area contributed by atoms with E-state index in [1.807, 2.05) is 18.3 Å². The number of aromatic nitrogens is 1. The van der Waals surface area contributed by atoms with Crippen LogP contribution in [0, 0.1) is 5.92 Å². The standard InChI is InChI=1S/C17H22N2O/c1-12-6-8-14(9-7-12)20-17-16-5-3-2-4-15(16)13(10-18)11-19-17/h2-5,11-12,14H,6-10,18H2,1H3. The Balaban J connectivity index is 1.88. The molecule has 3 nitrogen and oxygen atoms in total. The fourth-order valence-electron chi connectivity index (χ4n) is 2.99. The predicted octanol–water partition coefficient (Wildman–Crippen LogP) is 3.65. The maximum absolute atomic E-state index is 6.16. The van der Waals surface area contributed by atoms with Gasteiger partial charge >= 0.3 is 0 Å². The second-order valence-electron chi connectivity index (χ2n) is 5.84. The molecule has 1 aliphatic rings. The third-order valence-electron chi connectivity index (χ3n) is 4.30. The van der Waals surface area contributed by atoms with Gasteiger partial charge in [0.15, 0.2) is 0 Å². The van der Waals surface area contributed by atoms with Crippen LogP contribution in [0.25, 0.3) is 10.8 Å². The molecule has 1 aliphatic carbocycles. The minimum atomic E-state index is 0.311. The summed E-state index contributed by atoms with van der Waals surface area (Å²) in [5.41, 5.74) is 6.86. The Morgan fingerprint density at radius 3 is 2.55 bits per heavy atom. The largest absolute Gasteiger partial charge is 0.474 e. The summed E-state index contributed by atoms with van der Waals surface area (Å²) in [4.78, 5) is 4.49. The number of benzene rings is 1. The summed E-state index contributed by atoms with van der Waals surface area (Å²) in [7, 11) is 0. The normalized spacial score (nSPS) is 22.9. The molecule has 1 heterocycles. The maximum atomic E-state index is 6.16. The molecule has 3 rings (SSSR count). The summed E-state index contributed by atoms with van der Waals surface area (Å²) in [6.07, 6.45) is 6.94. The average molecular weight is 270 g/mol. The molecule has 0 aliphatic heterocycles. The van der Waals surface area contributed by atoms with Crippen LogP contribution < -0.4 is 10.5 Å². The Kier molecular flexibility index (Phi) is 3.88. The van der Waals surface area contributed by atoms with E-state index < -0.39 is 0 Å². The smallest absolute Gasteiger partial charge is 0.221 e. The molecule has 1 fully saturated rings. The molecule has 0 saturated heterocycles. The van der Waals surface area contributed by atoms with E-state index in [0.717, 1.165) is 41.0 Å². The Labute approximate surface area is 120 Å². The number of hydrogen-bond donors (Lipinski definition) is 1. The molecule has 1 saturated carbocycles. The van der Waals surface area contributed by atoms with Crippen LogP contribution in [0.3, 0.4) is 0 Å². The van der Waals surface area contributed by atoms with E-state index in [1.54, 1.807) is 0 Å². The summed E-state index contributed by atoms with van der Waals surface area (Å²) in [5.74, 6) is 1.59. The van der Waals surface area contributed by atoms with Gasteiger partial charge in [-0.2, -0.15) is 0 Å². The SMILES string of the molecule is CC1CCC(Oc2ncc(CN)c3ccccc23)CC1. The van der Waals surface area contributed by atoms with Gasteiger partial charge in [0.1, 0.15) is 6.10 Å². The van der Waals surface area contributed by atoms with Crippen LogP contribution in [0.15, 0.2) is 30.5 Å². The van der Waals surface area contributed by atoms with Crippen LogP contribution in [0.2, 0.25) is 0 Å². The van der Waals surface area contributed by atoms with Gasteiger partial charge in [-0.15, -0.1) is 0 Å². The lowest BCUT2D eigenvalue weighted by Crippen LogP contribution is -2.23. The van der Waals surface area contributed by atoms with Gasteiger partial charge in [0.05, 0.1) is 0 Å². The van der Waals surface area contributed by atoms with Gasteiger partial charge in [-0.3, -0.25) is 0 Å². The zero-order chi connectivity index (χ0) is 13.9. The molecule has 20 heavy (non-hydrogen) atoms. The highest BCUT2D eigenvalue weighted by molar-refractivity contribution is 5.89. The van der Waals surface area contributed by atoms with Crippen LogP contribution in [0.4, 0.5) is 0 Å². The molecule has 0 amide bonds. The van der Waals surface area contributed by atoms with Crippen molar-refractivity contribution < 1.29 is 4.74 Å². The third kappa shape index (κ3) is 2.63. The van der Waals surface area contributed by atoms with Crippen molar-refractivity contribution in [3.8, 4) is 5.88 Å². The van der Waals surface area contributed by atoms with Gasteiger partial charge in [-0.05, 0) is 48.6 Å². The lowest BCUT2D eigenvalue weighted by atomic mass is 9.89. The highest BCUT2D eigenvalue weighted by Crippen LogP contribution is 2.31. The summed E-state index contributed by atoms with van der Waals surface area (Å²) < 4.78 is 6.16. The summed E-state index contributed by atoms with van der Waals surface area (Å²) in [5, 5.41) is 2.23. The fourth-order valence-corrected chi connectivity index (χ4v) is 2.99. The maximum Gasteiger partial charge on any atom is 0.221 e. The molecule has 3 heteroatoms. The van der Waals surface area contributed by atoms with Gasteiger partial charge < -0.3 is 10.5 Å². The van der Waals surface area contributed by atoms with E-state index >= 15 is 0 Å². The zero-order valence-corrected chi connectivity index (χ0v) is 12.0. The van der Waals surface area contributed by atoms with Crippen molar-refractivity contribution in [3.63, 3.8) is 0 Å². The van der Waals surface area contributed by atoms with Gasteiger partial charge in [0.25, 0.3) is 0 Å². The summed E-state index contributed by atoms with van der Waals surface area (Å²) >= 11 is 0. The van der Waals surface area contributed by atoms with Crippen LogP contribution in [0.5, 0.6) is 5.88 Å². The third-order valence-corrected chi connectivity index (χ3v) is 4.30. The lowest BCUT2D eigenvalue weighted by molar-refractivity contribution is 0.132. The molecular formula is C17H22N2O. The minimum Gasteiger partial charge on any atom is -0.474 e. The van der Waals surface area contributed by atoms with Crippen LogP contribution >= 0.6 is 0 Å². The Morgan fingerprint density at radius 2 is 1.85 bits per heavy atom. The highest BCUT2D eigenvalue weighted by Gasteiger charge is 2.20. The molecule has 0 spiro atoms. The van der Waals surface area contributed by atoms with Crippen molar-refractivity contribution in [2.75, 3.05) is 0 Å². The number of nitrogens with zero attached hydrogens (tertiary/aromatic N) is 1. The molecule has 0 bridgehead atoms. The van der Waals surface area contributed by atoms with Gasteiger partial charge in [-0.25, -0.2) is 4.98 Å². The van der Waals surface area contributed by atoms with E-state index in [4.69, 9.17) is 10.5 Å². The minimum absolute atomic E-state index is 0.311. The van der Waals surface area contributed by atoms with E-state index in [1.165, 1.54) is 12.8 Å². The van der Waals surface area contributed by atoms with Crippen molar-refractivity contribution in [2.24, 2.45) is 11.7 Å². The van der Waals surface area contributed by atoms with Crippen LogP contribution in [0.1, 0.15) is 38.2 Å². The van der Waals surface area contributed by atoms with Crippen molar-refractivity contribution in [1.82, 2.24) is 4.98 Å². The molecule has 1 aromatic carbocycles. The van der Waals surface area contributed by atoms with Crippen molar-refractivity contribution in [3.05, 3.63) is 36.0 Å². The quantitative estimate of drug-likeness (QED) is 0.926. The highest BCUT2D eigenvalue weighted by atomic mass is 16.5. The molecule has 0 atom stereocenters. The molecule has 106 valence electrons. The number of nitrogens with two attached hydrogens (primary N) is 1. The lowest BCUT2D eigenvalue weighted by Gasteiger charge is -2.26. The fraction of sp³-hybridized carbons (Fsp3) is 0.471. The van der Waals surface area contributed by atoms with Gasteiger partial charge in [-0.1, -0.05) is 25.1 Å². The van der Waals surface area contributed by atoms with Gasteiger partial charge in [0.2, 0.25) is 5.88 Å². The average Bonchev–Trinajstić information content (AvgIpc) is 2.50. The van der Waals surface area contributed by atoms with Crippen molar-refractivity contribution in [2.45, 2.75) is 45.3 Å². The Hall–Kier alpha value is -1.61. The molecule has 1 aromatic heterocycles. The molecule has 0 radical (unpaired) electrons. The van der Waals surface area contributed by atoms with Crippen LogP contribution in [-0.4, -0.2) is 11.1 Å². The first-order valence-corrected chi connectivity index (χ1v) is 7.51. The van der Waals surface area contributed by atoms with E-state index in [-0.39, 0.29) is 0 Å². The number of rotatable bonds is 3. The van der Waals surface area contributed by atoms with Crippen molar-refractivity contribution in [1.29, 1.82) is 0 Å². The summed E-state index contributed by atoms with van der Waals surface area (Å²) in [6, 6.07) is 8.23. The number of hydrogen-bond acceptors (Lipinski definition) is 3. The Bertz CT molecular complexity index is 589. The second kappa shape index (κ2) is 5.80. The molecule has 0 unspecified atom stereocenters. The number of pyridine rings is 1. The monoisotopic (exact) mass is 270 g/mol. The Morgan fingerprint density at radius 1 is 1.15 bits per heavy atom. The van der Waals surface area contributed by atoms with Crippen LogP contribution in [-0.2, 0) is 6.54 Å². The molecule has 2 N–H and O–H groups in total. The number of fused-ring (bicyclic) bond motifs is 1. The number of ether oxygens (including phenoxy) is 1. The first-order valence-electron chi connectivity index (χ1n) is 7.51. The summed E-state index contributed by atoms with van der Waals surface area (Å²) in [6.45, 7) is 2.83. The topological polar surface area (TPSA) is 48.1 Å². The van der Waals surface area contributed by atoms with E-state index in [0.29, 0.717) is 12.6 Å². The first kappa shape index (κ1) is 13.4. The zero-order valence-electron chi connectivity index (χ0n) is 12.0. The first-order chi connectivity index (χ1) is 9.78. The van der Waals surface area contributed by atoms with Crippen molar-refractivity contribution >= 4 is 10.8 Å².